The van der Waals surface area contributed by atoms with Gasteiger partial charge in [-0.1, -0.05) is 0 Å². The van der Waals surface area contributed by atoms with Gasteiger partial charge in [0.25, 0.3) is 0 Å². The first-order valence-corrected chi connectivity index (χ1v) is 20.9. The minimum absolute atomic E-state index is 0.218. The molecule has 0 aromatic carbocycles. The van der Waals surface area contributed by atoms with Crippen molar-refractivity contribution in [2.75, 3.05) is 6.54 Å². The Morgan fingerprint density at radius 3 is 2.21 bits per heavy atom. The molecular formula is C7H17Cl3HgN2Pt. The SMILES string of the molecule is NCC(N)CCCC[CH2][Hg][Cl].[Cl][Pt][Cl]. The molecule has 1 unspecified atom stereocenters. The van der Waals surface area contributed by atoms with Crippen LogP contribution in [-0.4, -0.2) is 12.6 Å². The molecule has 0 fully saturated rings. The molecule has 1 atom stereocenters. The molecule has 14 heavy (non-hydrogen) atoms. The molecular weight excluding hydrogens is 614 g/mol. The molecule has 88 valence electrons. The molecule has 0 amide bonds. The number of hydrogen-bond donors (Lipinski definition) is 2. The van der Waals surface area contributed by atoms with Crippen molar-refractivity contribution < 1.29 is 39.8 Å². The average Bonchev–Trinajstić information content (AvgIpc) is 2.18. The molecule has 4 N–H and O–H groups in total. The molecule has 0 aliphatic rings. The predicted molar refractivity (Wildman–Crippen MR) is 57.9 cm³/mol. The summed E-state index contributed by atoms with van der Waals surface area (Å²) in [5, 5.41) is 0. The molecule has 0 bridgehead atoms. The zero-order valence-corrected chi connectivity index (χ0v) is 18.2. The van der Waals surface area contributed by atoms with Crippen LogP contribution in [0.2, 0.25) is 3.93 Å². The molecule has 0 aromatic rings. The Morgan fingerprint density at radius 1 is 1.21 bits per heavy atom. The summed E-state index contributed by atoms with van der Waals surface area (Å²) in [7, 11) is 15.5. The quantitative estimate of drug-likeness (QED) is 0.336. The topological polar surface area (TPSA) is 52.0 Å². The Morgan fingerprint density at radius 2 is 1.79 bits per heavy atom. The van der Waals surface area contributed by atoms with Gasteiger partial charge in [-0.15, -0.1) is 0 Å². The maximum absolute atomic E-state index is 5.75. The van der Waals surface area contributed by atoms with Gasteiger partial charge in [0.2, 0.25) is 0 Å². The molecule has 7 heteroatoms. The molecule has 0 saturated carbocycles. The van der Waals surface area contributed by atoms with Crippen molar-refractivity contribution in [1.29, 1.82) is 0 Å². The van der Waals surface area contributed by atoms with Crippen LogP contribution in [0.4, 0.5) is 0 Å². The Balaban J connectivity index is 0. The molecule has 0 aromatic heterocycles. The summed E-state index contributed by atoms with van der Waals surface area (Å²) in [6.07, 6.45) is 4.92. The second-order valence-corrected chi connectivity index (χ2v) is 13.8. The van der Waals surface area contributed by atoms with E-state index in [-0.39, 0.29) is 6.04 Å². The van der Waals surface area contributed by atoms with E-state index in [1.54, 1.807) is 0 Å². The fourth-order valence-electron chi connectivity index (χ4n) is 0.972. The van der Waals surface area contributed by atoms with Crippen LogP contribution in [0.25, 0.3) is 0 Å². The molecule has 0 spiro atoms. The van der Waals surface area contributed by atoms with Gasteiger partial charge in [-0.05, 0) is 0 Å². The van der Waals surface area contributed by atoms with Crippen molar-refractivity contribution in [1.82, 2.24) is 0 Å². The molecule has 0 saturated heterocycles. The first kappa shape index (κ1) is 18.8. The minimum atomic E-state index is -0.824. The van der Waals surface area contributed by atoms with Gasteiger partial charge in [-0.3, -0.25) is 0 Å². The molecule has 0 rings (SSSR count). The van der Waals surface area contributed by atoms with Crippen molar-refractivity contribution in [2.24, 2.45) is 11.5 Å². The van der Waals surface area contributed by atoms with E-state index in [0.717, 1.165) is 6.42 Å². The van der Waals surface area contributed by atoms with Crippen molar-refractivity contribution in [3.05, 3.63) is 0 Å². The third kappa shape index (κ3) is 19.9. The predicted octanol–water partition coefficient (Wildman–Crippen LogP) is 2.86. The van der Waals surface area contributed by atoms with E-state index >= 15 is 0 Å². The summed E-state index contributed by atoms with van der Waals surface area (Å²) >= 11 is -1.30. The Hall–Kier alpha value is 2.41. The molecule has 0 radical (unpaired) electrons. The second kappa shape index (κ2) is 17.8. The third-order valence-corrected chi connectivity index (χ3v) is 7.09. The van der Waals surface area contributed by atoms with E-state index in [0.29, 0.717) is 6.54 Å². The number of rotatable bonds is 7. The molecule has 2 nitrogen and oxygen atoms in total. The van der Waals surface area contributed by atoms with Gasteiger partial charge in [0.05, 0.1) is 0 Å². The maximum atomic E-state index is 5.75. The monoisotopic (exact) mass is 631 g/mol. The van der Waals surface area contributed by atoms with Crippen LogP contribution < -0.4 is 11.5 Å². The van der Waals surface area contributed by atoms with Crippen LogP contribution in [0.3, 0.4) is 0 Å². The van der Waals surface area contributed by atoms with E-state index < -0.39 is 39.8 Å². The Kier molecular flexibility index (Phi) is 23.9. The van der Waals surface area contributed by atoms with Crippen LogP contribution in [0.15, 0.2) is 0 Å². The molecule has 0 aliphatic carbocycles. The Labute approximate surface area is 119 Å². The van der Waals surface area contributed by atoms with Crippen LogP contribution in [-0.2, 0) is 39.8 Å². The van der Waals surface area contributed by atoms with E-state index in [2.05, 4.69) is 0 Å². The molecule has 0 heterocycles. The summed E-state index contributed by atoms with van der Waals surface area (Å²) < 4.78 is 1.35. The van der Waals surface area contributed by atoms with Crippen molar-refractivity contribution >= 4 is 27.1 Å². The first-order chi connectivity index (χ1) is 6.72. The number of halogens is 3. The van der Waals surface area contributed by atoms with Gasteiger partial charge in [0.1, 0.15) is 0 Å². The second-order valence-electron chi connectivity index (χ2n) is 2.93. The summed E-state index contributed by atoms with van der Waals surface area (Å²) in [5.41, 5.74) is 11.0. The van der Waals surface area contributed by atoms with Crippen LogP contribution in [0.5, 0.6) is 0 Å². The summed E-state index contributed by atoms with van der Waals surface area (Å²) in [5.74, 6) is 0. The van der Waals surface area contributed by atoms with Crippen molar-refractivity contribution in [3.8, 4) is 0 Å². The van der Waals surface area contributed by atoms with E-state index in [4.69, 9.17) is 38.6 Å². The average molecular weight is 631 g/mol. The van der Waals surface area contributed by atoms with Crippen molar-refractivity contribution in [2.45, 2.75) is 35.7 Å². The van der Waals surface area contributed by atoms with Crippen LogP contribution >= 0.6 is 27.1 Å². The first-order valence-electron chi connectivity index (χ1n) is 4.56. The zero-order chi connectivity index (χ0) is 11.2. The van der Waals surface area contributed by atoms with Crippen LogP contribution in [0.1, 0.15) is 25.7 Å². The standard InChI is InChI=1S/C7H17N2.3ClH.Hg.Pt/c1-2-3-4-5-7(9)6-8;;;;;/h7H,1-6,8-9H2;3*1H;;/q;;;;+1;+2/p-3. The van der Waals surface area contributed by atoms with Gasteiger partial charge in [0.15, 0.2) is 0 Å². The number of hydrogen-bond acceptors (Lipinski definition) is 2. The summed E-state index contributed by atoms with van der Waals surface area (Å²) in [4.78, 5) is 0. The van der Waals surface area contributed by atoms with Crippen LogP contribution in [0, 0.1) is 0 Å². The zero-order valence-electron chi connectivity index (χ0n) is 8.13. The fraction of sp³-hybridized carbons (Fsp3) is 1.00. The van der Waals surface area contributed by atoms with Crippen molar-refractivity contribution in [3.63, 3.8) is 0 Å². The molecule has 0 aliphatic heterocycles. The van der Waals surface area contributed by atoms with Gasteiger partial charge in [-0.25, -0.2) is 0 Å². The van der Waals surface area contributed by atoms with Gasteiger partial charge >= 0.3 is 121 Å². The van der Waals surface area contributed by atoms with Gasteiger partial charge in [-0.2, -0.15) is 0 Å². The van der Waals surface area contributed by atoms with E-state index in [9.17, 15) is 0 Å². The number of unbranched alkanes of at least 4 members (excludes halogenated alkanes) is 2. The van der Waals surface area contributed by atoms with E-state index in [1.807, 2.05) is 0 Å². The Bertz CT molecular complexity index is 103. The third-order valence-electron chi connectivity index (χ3n) is 1.76. The van der Waals surface area contributed by atoms with Gasteiger partial charge in [0, 0.05) is 0 Å². The summed E-state index contributed by atoms with van der Waals surface area (Å²) in [6.45, 7) is 0.621. The fourth-order valence-corrected chi connectivity index (χ4v) is 4.74. The summed E-state index contributed by atoms with van der Waals surface area (Å²) in [6, 6.07) is 0.218. The number of nitrogens with two attached hydrogens (primary N) is 2. The van der Waals surface area contributed by atoms with E-state index in [1.165, 1.54) is 23.2 Å². The van der Waals surface area contributed by atoms with Gasteiger partial charge < -0.3 is 0 Å². The normalized spacial score (nSPS) is 11.5.